The van der Waals surface area contributed by atoms with Gasteiger partial charge in [0.05, 0.1) is 11.9 Å². The lowest BCUT2D eigenvalue weighted by atomic mass is 10.1. The van der Waals surface area contributed by atoms with Crippen molar-refractivity contribution in [3.05, 3.63) is 29.3 Å². The first-order valence-electron chi connectivity index (χ1n) is 6.61. The summed E-state index contributed by atoms with van der Waals surface area (Å²) >= 11 is 0. The van der Waals surface area contributed by atoms with Gasteiger partial charge in [-0.3, -0.25) is 9.10 Å². The number of anilines is 1. The molecule has 1 aliphatic carbocycles. The van der Waals surface area contributed by atoms with Gasteiger partial charge in [0.25, 0.3) is 0 Å². The molecule has 1 N–H and O–H groups in total. The fourth-order valence-corrected chi connectivity index (χ4v) is 3.01. The summed E-state index contributed by atoms with van der Waals surface area (Å²) in [5.41, 5.74) is 2.46. The molecule has 1 fully saturated rings. The minimum absolute atomic E-state index is 0.167. The van der Waals surface area contributed by atoms with Crippen molar-refractivity contribution in [1.82, 2.24) is 5.32 Å². The molecule has 0 heterocycles. The van der Waals surface area contributed by atoms with Gasteiger partial charge in [0.1, 0.15) is 6.54 Å². The number of hydrogen-bond acceptors (Lipinski definition) is 3. The summed E-state index contributed by atoms with van der Waals surface area (Å²) in [4.78, 5) is 11.9. The van der Waals surface area contributed by atoms with Gasteiger partial charge in [-0.1, -0.05) is 17.7 Å². The number of aryl methyl sites for hydroxylation is 2. The van der Waals surface area contributed by atoms with Gasteiger partial charge in [0, 0.05) is 6.04 Å². The first-order chi connectivity index (χ1) is 9.27. The van der Waals surface area contributed by atoms with Crippen molar-refractivity contribution in [2.24, 2.45) is 0 Å². The van der Waals surface area contributed by atoms with Crippen molar-refractivity contribution in [3.8, 4) is 0 Å². The van der Waals surface area contributed by atoms with E-state index in [4.69, 9.17) is 0 Å². The summed E-state index contributed by atoms with van der Waals surface area (Å²) in [6.45, 7) is 3.62. The van der Waals surface area contributed by atoms with Crippen LogP contribution in [-0.4, -0.2) is 33.2 Å². The molecule has 0 saturated heterocycles. The lowest BCUT2D eigenvalue weighted by Gasteiger charge is -2.23. The molecule has 0 atom stereocenters. The van der Waals surface area contributed by atoms with E-state index in [0.29, 0.717) is 5.69 Å². The number of carbonyl (C=O) groups excluding carboxylic acids is 1. The van der Waals surface area contributed by atoms with Crippen LogP contribution in [0.25, 0.3) is 0 Å². The predicted octanol–water partition coefficient (Wildman–Crippen LogP) is 1.35. The summed E-state index contributed by atoms with van der Waals surface area (Å²) in [5, 5.41) is 2.81. The molecule has 1 saturated carbocycles. The number of carbonyl (C=O) groups is 1. The van der Waals surface area contributed by atoms with E-state index in [2.05, 4.69) is 5.32 Å². The minimum atomic E-state index is -3.49. The third kappa shape index (κ3) is 3.72. The molecule has 20 heavy (non-hydrogen) atoms. The summed E-state index contributed by atoms with van der Waals surface area (Å²) in [6.07, 6.45) is 3.08. The molecule has 0 spiro atoms. The number of rotatable bonds is 5. The molecule has 1 amide bonds. The van der Waals surface area contributed by atoms with E-state index in [1.54, 1.807) is 6.07 Å². The fourth-order valence-electron chi connectivity index (χ4n) is 2.10. The standard InChI is InChI=1S/C14H20N2O3S/c1-10-4-7-13(11(2)8-10)16(20(3,18)19)9-14(17)15-12-5-6-12/h4,7-8,12H,5-6,9H2,1-3H3,(H,15,17). The second kappa shape index (κ2) is 5.44. The van der Waals surface area contributed by atoms with Gasteiger partial charge in [-0.15, -0.1) is 0 Å². The zero-order valence-corrected chi connectivity index (χ0v) is 12.8. The van der Waals surface area contributed by atoms with Crippen LogP contribution in [0, 0.1) is 13.8 Å². The molecule has 6 heteroatoms. The second-order valence-corrected chi connectivity index (χ2v) is 7.31. The predicted molar refractivity (Wildman–Crippen MR) is 79.3 cm³/mol. The summed E-state index contributed by atoms with van der Waals surface area (Å²) < 4.78 is 25.1. The number of nitrogens with one attached hydrogen (secondary N) is 1. The first kappa shape index (κ1) is 14.8. The SMILES string of the molecule is Cc1ccc(N(CC(=O)NC2CC2)S(C)(=O)=O)c(C)c1. The highest BCUT2D eigenvalue weighted by atomic mass is 32.2. The van der Waals surface area contributed by atoms with Crippen LogP contribution in [0.2, 0.25) is 0 Å². The maximum absolute atomic E-state index is 12.0. The molecule has 0 unspecified atom stereocenters. The molecule has 0 bridgehead atoms. The third-order valence-electron chi connectivity index (χ3n) is 3.25. The van der Waals surface area contributed by atoms with Crippen LogP contribution in [0.5, 0.6) is 0 Å². The van der Waals surface area contributed by atoms with E-state index < -0.39 is 10.0 Å². The molecule has 1 aliphatic rings. The van der Waals surface area contributed by atoms with Gasteiger partial charge < -0.3 is 5.32 Å². The Morgan fingerprint density at radius 3 is 2.50 bits per heavy atom. The number of benzene rings is 1. The van der Waals surface area contributed by atoms with E-state index in [-0.39, 0.29) is 18.5 Å². The number of nitrogens with zero attached hydrogens (tertiary/aromatic N) is 1. The van der Waals surface area contributed by atoms with Crippen LogP contribution in [0.15, 0.2) is 18.2 Å². The zero-order chi connectivity index (χ0) is 14.9. The Morgan fingerprint density at radius 2 is 2.00 bits per heavy atom. The Hall–Kier alpha value is -1.56. The summed E-state index contributed by atoms with van der Waals surface area (Å²) in [6, 6.07) is 5.73. The average molecular weight is 296 g/mol. The summed E-state index contributed by atoms with van der Waals surface area (Å²) in [7, 11) is -3.49. The van der Waals surface area contributed by atoms with Crippen molar-refractivity contribution in [2.75, 3.05) is 17.1 Å². The minimum Gasteiger partial charge on any atom is -0.352 e. The van der Waals surface area contributed by atoms with Crippen molar-refractivity contribution >= 4 is 21.6 Å². The largest absolute Gasteiger partial charge is 0.352 e. The van der Waals surface area contributed by atoms with E-state index in [9.17, 15) is 13.2 Å². The fraction of sp³-hybridized carbons (Fsp3) is 0.500. The Kier molecular flexibility index (Phi) is 4.04. The molecule has 0 aliphatic heterocycles. The quantitative estimate of drug-likeness (QED) is 0.892. The monoisotopic (exact) mass is 296 g/mol. The highest BCUT2D eigenvalue weighted by molar-refractivity contribution is 7.92. The van der Waals surface area contributed by atoms with Crippen molar-refractivity contribution in [1.29, 1.82) is 0 Å². The van der Waals surface area contributed by atoms with Gasteiger partial charge in [-0.05, 0) is 38.3 Å². The van der Waals surface area contributed by atoms with E-state index >= 15 is 0 Å². The molecule has 1 aromatic carbocycles. The number of sulfonamides is 1. The Labute approximate surface area is 120 Å². The third-order valence-corrected chi connectivity index (χ3v) is 4.38. The molecular weight excluding hydrogens is 276 g/mol. The van der Waals surface area contributed by atoms with Crippen molar-refractivity contribution < 1.29 is 13.2 Å². The van der Waals surface area contributed by atoms with E-state index in [0.717, 1.165) is 30.2 Å². The molecule has 0 aromatic heterocycles. The van der Waals surface area contributed by atoms with Gasteiger partial charge >= 0.3 is 0 Å². The van der Waals surface area contributed by atoms with Crippen LogP contribution in [0.4, 0.5) is 5.69 Å². The molecule has 0 radical (unpaired) electrons. The first-order valence-corrected chi connectivity index (χ1v) is 8.46. The maximum Gasteiger partial charge on any atom is 0.240 e. The zero-order valence-electron chi connectivity index (χ0n) is 12.0. The average Bonchev–Trinajstić information content (AvgIpc) is 3.09. The van der Waals surface area contributed by atoms with Gasteiger partial charge in [0.15, 0.2) is 0 Å². The molecule has 2 rings (SSSR count). The smallest absolute Gasteiger partial charge is 0.240 e. The van der Waals surface area contributed by atoms with Gasteiger partial charge in [-0.2, -0.15) is 0 Å². The maximum atomic E-state index is 12.0. The molecule has 110 valence electrons. The Bertz CT molecular complexity index is 621. The topological polar surface area (TPSA) is 66.5 Å². The lowest BCUT2D eigenvalue weighted by Crippen LogP contribution is -2.41. The van der Waals surface area contributed by atoms with Crippen LogP contribution in [-0.2, 0) is 14.8 Å². The normalized spacial score (nSPS) is 14.9. The Morgan fingerprint density at radius 1 is 1.35 bits per heavy atom. The highest BCUT2D eigenvalue weighted by Crippen LogP contribution is 2.24. The van der Waals surface area contributed by atoms with E-state index in [1.165, 1.54) is 4.31 Å². The number of hydrogen-bond donors (Lipinski definition) is 1. The van der Waals surface area contributed by atoms with E-state index in [1.807, 2.05) is 26.0 Å². The Balaban J connectivity index is 2.25. The van der Waals surface area contributed by atoms with Gasteiger partial charge in [0.2, 0.25) is 15.9 Å². The molecular formula is C14H20N2O3S. The van der Waals surface area contributed by atoms with Crippen LogP contribution in [0.1, 0.15) is 24.0 Å². The van der Waals surface area contributed by atoms with Crippen molar-refractivity contribution in [3.63, 3.8) is 0 Å². The van der Waals surface area contributed by atoms with Crippen LogP contribution >= 0.6 is 0 Å². The van der Waals surface area contributed by atoms with Crippen LogP contribution in [0.3, 0.4) is 0 Å². The van der Waals surface area contributed by atoms with Crippen molar-refractivity contribution in [2.45, 2.75) is 32.7 Å². The summed E-state index contributed by atoms with van der Waals surface area (Å²) in [5.74, 6) is -0.252. The van der Waals surface area contributed by atoms with Gasteiger partial charge in [-0.25, -0.2) is 8.42 Å². The molecule has 1 aromatic rings. The number of amides is 1. The second-order valence-electron chi connectivity index (χ2n) is 5.40. The highest BCUT2D eigenvalue weighted by Gasteiger charge is 2.27. The van der Waals surface area contributed by atoms with Crippen LogP contribution < -0.4 is 9.62 Å². The molecule has 5 nitrogen and oxygen atoms in total. The lowest BCUT2D eigenvalue weighted by molar-refractivity contribution is -0.119.